The average Bonchev–Trinajstić information content (AvgIpc) is 2.97. The molecular weight excluding hydrogens is 365 g/mol. The van der Waals surface area contributed by atoms with Crippen LogP contribution in [0.15, 0.2) is 51.1 Å². The number of aromatic nitrogens is 3. The molecule has 0 spiro atoms. The molecule has 8 nitrogen and oxygen atoms in total. The van der Waals surface area contributed by atoms with Crippen molar-refractivity contribution in [2.75, 3.05) is 7.11 Å². The molecule has 2 aromatic heterocycles. The van der Waals surface area contributed by atoms with Crippen LogP contribution >= 0.6 is 19.4 Å². The number of nitrogens with one attached hydrogen (secondary N) is 2. The first-order valence-corrected chi connectivity index (χ1v) is 9.53. The van der Waals surface area contributed by atoms with Gasteiger partial charge in [0.2, 0.25) is 0 Å². The van der Waals surface area contributed by atoms with Crippen LogP contribution in [0.2, 0.25) is 0 Å². The Morgan fingerprint density at radius 2 is 2.08 bits per heavy atom. The van der Waals surface area contributed by atoms with Crippen molar-refractivity contribution >= 4 is 36.5 Å². The molecule has 0 aliphatic carbocycles. The number of H-pyrrole nitrogens is 2. The van der Waals surface area contributed by atoms with Crippen LogP contribution in [0, 0.1) is 0 Å². The number of fused-ring (bicyclic) bond motifs is 1. The highest BCUT2D eigenvalue weighted by molar-refractivity contribution is 7.99. The van der Waals surface area contributed by atoms with Gasteiger partial charge in [-0.05, 0) is 18.2 Å². The average molecular weight is 379 g/mol. The molecule has 0 unspecified atom stereocenters. The summed E-state index contributed by atoms with van der Waals surface area (Å²) in [5.41, 5.74) is 1.13. The van der Waals surface area contributed by atoms with Gasteiger partial charge in [-0.2, -0.15) is 0 Å². The number of benzene rings is 1. The molecule has 4 N–H and O–H groups in total. The number of hydrogen-bond acceptors (Lipinski definition) is 5. The van der Waals surface area contributed by atoms with E-state index in [1.165, 1.54) is 31.3 Å². The summed E-state index contributed by atoms with van der Waals surface area (Å²) in [5.74, 6) is 1.30. The van der Waals surface area contributed by atoms with Gasteiger partial charge < -0.3 is 24.5 Å². The molecule has 0 saturated heterocycles. The second kappa shape index (κ2) is 6.89. The standard InChI is InChI=1S/C15H14N3O5PS/c1-23-10-3-2-4-11(9(10)5-6-24(20,21)22)25-12-7-16-14-13(12)17-8-18-15(14)19/h2-8,16H,1H3,(H,17,18,19)(H2,20,21,22)/b6-5+. The van der Waals surface area contributed by atoms with E-state index in [2.05, 4.69) is 15.0 Å². The molecule has 0 aliphatic rings. The van der Waals surface area contributed by atoms with E-state index < -0.39 is 7.60 Å². The summed E-state index contributed by atoms with van der Waals surface area (Å²) in [4.78, 5) is 40.9. The molecule has 2 heterocycles. The van der Waals surface area contributed by atoms with Crippen LogP contribution in [-0.2, 0) is 4.57 Å². The number of ether oxygens (including phenoxy) is 1. The summed E-state index contributed by atoms with van der Waals surface area (Å²) in [6, 6.07) is 5.26. The predicted octanol–water partition coefficient (Wildman–Crippen LogP) is 2.56. The predicted molar refractivity (Wildman–Crippen MR) is 94.9 cm³/mol. The third-order valence-corrected chi connectivity index (χ3v) is 4.98. The first-order chi connectivity index (χ1) is 11.9. The van der Waals surface area contributed by atoms with E-state index in [0.717, 1.165) is 5.82 Å². The topological polar surface area (TPSA) is 128 Å². The monoisotopic (exact) mass is 379 g/mol. The highest BCUT2D eigenvalue weighted by Crippen LogP contribution is 2.41. The zero-order valence-corrected chi connectivity index (χ0v) is 14.7. The summed E-state index contributed by atoms with van der Waals surface area (Å²) in [6.45, 7) is 0. The maximum atomic E-state index is 11.8. The first kappa shape index (κ1) is 17.5. The van der Waals surface area contributed by atoms with Crippen LogP contribution in [0.5, 0.6) is 5.75 Å². The van der Waals surface area contributed by atoms with E-state index in [-0.39, 0.29) is 5.56 Å². The van der Waals surface area contributed by atoms with Crippen LogP contribution in [0.25, 0.3) is 17.1 Å². The molecule has 0 amide bonds. The van der Waals surface area contributed by atoms with E-state index >= 15 is 0 Å². The van der Waals surface area contributed by atoms with Crippen molar-refractivity contribution in [2.45, 2.75) is 9.79 Å². The van der Waals surface area contributed by atoms with Crippen molar-refractivity contribution in [1.29, 1.82) is 0 Å². The molecule has 130 valence electrons. The van der Waals surface area contributed by atoms with Crippen LogP contribution in [-0.4, -0.2) is 31.8 Å². The molecule has 10 heteroatoms. The Labute approximate surface area is 146 Å². The molecular formula is C15H14N3O5PS. The fraction of sp³-hybridized carbons (Fsp3) is 0.0667. The Morgan fingerprint density at radius 3 is 2.80 bits per heavy atom. The molecule has 0 aliphatic heterocycles. The van der Waals surface area contributed by atoms with Gasteiger partial charge in [-0.15, -0.1) is 0 Å². The van der Waals surface area contributed by atoms with Crippen molar-refractivity contribution in [3.05, 3.63) is 52.5 Å². The van der Waals surface area contributed by atoms with E-state index in [9.17, 15) is 9.36 Å². The number of methoxy groups -OCH3 is 1. The molecule has 3 rings (SSSR count). The highest BCUT2D eigenvalue weighted by atomic mass is 32.2. The summed E-state index contributed by atoms with van der Waals surface area (Å²) in [6.07, 6.45) is 4.31. The van der Waals surface area contributed by atoms with Gasteiger partial charge in [0.15, 0.2) is 0 Å². The maximum absolute atomic E-state index is 11.8. The Morgan fingerprint density at radius 1 is 1.28 bits per heavy atom. The highest BCUT2D eigenvalue weighted by Gasteiger charge is 2.14. The molecule has 25 heavy (non-hydrogen) atoms. The molecule has 3 aromatic rings. The summed E-state index contributed by atoms with van der Waals surface area (Å²) in [7, 11) is -2.83. The minimum Gasteiger partial charge on any atom is -0.496 e. The lowest BCUT2D eigenvalue weighted by molar-refractivity contribution is 0.386. The molecule has 1 aromatic carbocycles. The Kier molecular flexibility index (Phi) is 4.82. The number of aromatic amines is 2. The van der Waals surface area contributed by atoms with Gasteiger partial charge in [0.25, 0.3) is 5.56 Å². The van der Waals surface area contributed by atoms with Crippen molar-refractivity contribution in [2.24, 2.45) is 0 Å². The van der Waals surface area contributed by atoms with Crippen LogP contribution in [0.4, 0.5) is 0 Å². The minimum atomic E-state index is -4.31. The molecule has 0 radical (unpaired) electrons. The van der Waals surface area contributed by atoms with Crippen molar-refractivity contribution in [1.82, 2.24) is 15.0 Å². The Hall–Kier alpha value is -2.32. The first-order valence-electron chi connectivity index (χ1n) is 7.03. The lowest BCUT2D eigenvalue weighted by atomic mass is 10.2. The second-order valence-electron chi connectivity index (χ2n) is 4.99. The molecule has 0 atom stereocenters. The SMILES string of the molecule is COc1cccc(Sc2c[nH]c3c(=O)[nH]cnc23)c1/C=C/P(=O)(O)O. The van der Waals surface area contributed by atoms with Gasteiger partial charge >= 0.3 is 7.60 Å². The van der Waals surface area contributed by atoms with Crippen LogP contribution in [0.3, 0.4) is 0 Å². The zero-order chi connectivity index (χ0) is 18.0. The Bertz CT molecular complexity index is 1050. The van der Waals surface area contributed by atoms with Gasteiger partial charge in [-0.3, -0.25) is 9.36 Å². The van der Waals surface area contributed by atoms with E-state index in [1.54, 1.807) is 24.4 Å². The number of rotatable bonds is 5. The van der Waals surface area contributed by atoms with Gasteiger partial charge in [0, 0.05) is 22.5 Å². The summed E-state index contributed by atoms with van der Waals surface area (Å²) in [5, 5.41) is 0. The molecule has 0 bridgehead atoms. The fourth-order valence-electron chi connectivity index (χ4n) is 2.25. The zero-order valence-electron chi connectivity index (χ0n) is 13.0. The van der Waals surface area contributed by atoms with Crippen molar-refractivity contribution in [3.63, 3.8) is 0 Å². The van der Waals surface area contributed by atoms with Gasteiger partial charge in [-0.1, -0.05) is 17.8 Å². The van der Waals surface area contributed by atoms with E-state index in [0.29, 0.717) is 32.1 Å². The lowest BCUT2D eigenvalue weighted by Crippen LogP contribution is -2.05. The van der Waals surface area contributed by atoms with Crippen molar-refractivity contribution in [3.8, 4) is 5.75 Å². The largest absolute Gasteiger partial charge is 0.496 e. The fourth-order valence-corrected chi connectivity index (χ4v) is 3.62. The smallest absolute Gasteiger partial charge is 0.349 e. The molecule has 0 saturated carbocycles. The molecule has 0 fully saturated rings. The van der Waals surface area contributed by atoms with E-state index in [4.69, 9.17) is 14.5 Å². The van der Waals surface area contributed by atoms with Crippen LogP contribution in [0.1, 0.15) is 5.56 Å². The third kappa shape index (κ3) is 3.85. The van der Waals surface area contributed by atoms with Gasteiger partial charge in [0.1, 0.15) is 16.8 Å². The second-order valence-corrected chi connectivity index (χ2v) is 7.55. The number of nitrogens with zero attached hydrogens (tertiary/aromatic N) is 1. The summed E-state index contributed by atoms with van der Waals surface area (Å²) >= 11 is 1.31. The van der Waals surface area contributed by atoms with Gasteiger partial charge in [-0.25, -0.2) is 4.98 Å². The normalized spacial score (nSPS) is 12.1. The number of hydrogen-bond donors (Lipinski definition) is 4. The minimum absolute atomic E-state index is 0.274. The lowest BCUT2D eigenvalue weighted by Gasteiger charge is -2.10. The van der Waals surface area contributed by atoms with Crippen LogP contribution < -0.4 is 10.3 Å². The Balaban J connectivity index is 2.07. The summed E-state index contributed by atoms with van der Waals surface area (Å²) < 4.78 is 16.4. The van der Waals surface area contributed by atoms with E-state index in [1.807, 2.05) is 0 Å². The maximum Gasteiger partial charge on any atom is 0.349 e. The third-order valence-electron chi connectivity index (χ3n) is 3.34. The van der Waals surface area contributed by atoms with Gasteiger partial charge in [0.05, 0.1) is 18.3 Å². The quantitative estimate of drug-likeness (QED) is 0.502. The van der Waals surface area contributed by atoms with Crippen molar-refractivity contribution < 1.29 is 19.1 Å².